The van der Waals surface area contributed by atoms with Gasteiger partial charge in [0.15, 0.2) is 5.69 Å². The molecule has 0 fully saturated rings. The van der Waals surface area contributed by atoms with Gasteiger partial charge in [0, 0.05) is 0 Å². The van der Waals surface area contributed by atoms with Gasteiger partial charge < -0.3 is 0 Å². The summed E-state index contributed by atoms with van der Waals surface area (Å²) >= 11 is 0. The summed E-state index contributed by atoms with van der Waals surface area (Å²) in [6, 6.07) is 5.28. The maximum atomic E-state index is 12.7. The van der Waals surface area contributed by atoms with E-state index in [1.54, 1.807) is 4.72 Å². The highest BCUT2D eigenvalue weighted by Gasteiger charge is 2.15. The van der Waals surface area contributed by atoms with Crippen molar-refractivity contribution in [3.63, 3.8) is 0 Å². The number of benzene rings is 1. The van der Waals surface area contributed by atoms with Crippen LogP contribution in [0.15, 0.2) is 30.5 Å². The maximum Gasteiger partial charge on any atom is 0.286 e. The molecule has 0 aliphatic heterocycles. The number of rotatable bonds is 3. The molecule has 0 aliphatic carbocycles. The van der Waals surface area contributed by atoms with Crippen molar-refractivity contribution < 1.29 is 17.6 Å². The van der Waals surface area contributed by atoms with Gasteiger partial charge in [0.25, 0.3) is 5.91 Å². The predicted octanol–water partition coefficient (Wildman–Crippen LogP) is 0.0958. The summed E-state index contributed by atoms with van der Waals surface area (Å²) < 4.78 is 36.3. The van der Waals surface area contributed by atoms with Crippen molar-refractivity contribution >= 4 is 15.9 Å². The molecule has 0 bridgehead atoms. The number of carbonyl (C=O) groups excluding carboxylic acids is 1. The van der Waals surface area contributed by atoms with Crippen LogP contribution in [0.4, 0.5) is 4.39 Å². The zero-order valence-electron chi connectivity index (χ0n) is 9.74. The van der Waals surface area contributed by atoms with Crippen LogP contribution in [0.2, 0.25) is 0 Å². The molecule has 1 N–H and O–H groups in total. The molecule has 0 radical (unpaired) electrons. The summed E-state index contributed by atoms with van der Waals surface area (Å²) in [6.07, 6.45) is 1.97. The Morgan fingerprint density at radius 1 is 1.32 bits per heavy atom. The van der Waals surface area contributed by atoms with Crippen molar-refractivity contribution in [2.45, 2.75) is 0 Å². The van der Waals surface area contributed by atoms with Gasteiger partial charge in [-0.2, -0.15) is 9.90 Å². The lowest BCUT2D eigenvalue weighted by Gasteiger charge is -1.99. The summed E-state index contributed by atoms with van der Waals surface area (Å²) in [5.41, 5.74) is 0.287. The van der Waals surface area contributed by atoms with E-state index >= 15 is 0 Å². The fraction of sp³-hybridized carbons (Fsp3) is 0.100. The number of amides is 1. The summed E-state index contributed by atoms with van der Waals surface area (Å²) in [5, 5.41) is 7.60. The Labute approximate surface area is 108 Å². The van der Waals surface area contributed by atoms with Gasteiger partial charge in [0.05, 0.1) is 18.1 Å². The second-order valence-corrected chi connectivity index (χ2v) is 5.45. The van der Waals surface area contributed by atoms with Crippen LogP contribution in [0.3, 0.4) is 0 Å². The van der Waals surface area contributed by atoms with Crippen molar-refractivity contribution in [3.8, 4) is 5.69 Å². The van der Waals surface area contributed by atoms with Crippen molar-refractivity contribution in [1.29, 1.82) is 0 Å². The van der Waals surface area contributed by atoms with Gasteiger partial charge in [-0.3, -0.25) is 4.79 Å². The zero-order chi connectivity index (χ0) is 14.0. The highest BCUT2D eigenvalue weighted by atomic mass is 32.2. The van der Waals surface area contributed by atoms with Crippen LogP contribution in [0.25, 0.3) is 5.69 Å². The van der Waals surface area contributed by atoms with E-state index < -0.39 is 21.7 Å². The molecule has 0 aliphatic rings. The normalized spacial score (nSPS) is 11.3. The van der Waals surface area contributed by atoms with E-state index in [1.807, 2.05) is 0 Å². The molecule has 1 heterocycles. The quantitative estimate of drug-likeness (QED) is 0.862. The third-order valence-corrected chi connectivity index (χ3v) is 2.62. The smallest absolute Gasteiger partial charge is 0.266 e. The van der Waals surface area contributed by atoms with Crippen molar-refractivity contribution in [1.82, 2.24) is 19.7 Å². The van der Waals surface area contributed by atoms with Crippen LogP contribution >= 0.6 is 0 Å². The molecule has 2 aromatic rings. The Hall–Kier alpha value is -2.29. The maximum absolute atomic E-state index is 12.7. The summed E-state index contributed by atoms with van der Waals surface area (Å²) in [5.74, 6) is -1.29. The third-order valence-electron chi connectivity index (χ3n) is 2.06. The van der Waals surface area contributed by atoms with Crippen LogP contribution in [0.1, 0.15) is 10.5 Å². The second kappa shape index (κ2) is 4.76. The van der Waals surface area contributed by atoms with Crippen LogP contribution < -0.4 is 4.72 Å². The highest BCUT2D eigenvalue weighted by molar-refractivity contribution is 7.89. The van der Waals surface area contributed by atoms with Gasteiger partial charge in [-0.1, -0.05) is 0 Å². The number of hydrogen-bond donors (Lipinski definition) is 1. The van der Waals surface area contributed by atoms with E-state index in [1.165, 1.54) is 24.3 Å². The molecular formula is C10H9FN4O3S. The molecule has 19 heavy (non-hydrogen) atoms. The molecule has 2 rings (SSSR count). The van der Waals surface area contributed by atoms with E-state index in [4.69, 9.17) is 0 Å². The number of aromatic nitrogens is 3. The summed E-state index contributed by atoms with van der Waals surface area (Å²) in [7, 11) is -3.66. The van der Waals surface area contributed by atoms with Gasteiger partial charge in [0.2, 0.25) is 10.0 Å². The lowest BCUT2D eigenvalue weighted by Crippen LogP contribution is -2.29. The van der Waals surface area contributed by atoms with E-state index in [-0.39, 0.29) is 5.69 Å². The van der Waals surface area contributed by atoms with Crippen LogP contribution in [-0.2, 0) is 10.0 Å². The van der Waals surface area contributed by atoms with Crippen molar-refractivity contribution in [3.05, 3.63) is 42.0 Å². The van der Waals surface area contributed by atoms with Gasteiger partial charge in [-0.15, -0.1) is 5.10 Å². The molecule has 0 unspecified atom stereocenters. The molecule has 0 spiro atoms. The Morgan fingerprint density at radius 2 is 1.95 bits per heavy atom. The SMILES string of the molecule is CS(=O)(=O)NC(=O)c1cnn(-c2ccc(F)cc2)n1. The monoisotopic (exact) mass is 284 g/mol. The first kappa shape index (κ1) is 13.1. The molecular weight excluding hydrogens is 275 g/mol. The molecule has 0 saturated heterocycles. The van der Waals surface area contributed by atoms with E-state index in [9.17, 15) is 17.6 Å². The van der Waals surface area contributed by atoms with Crippen molar-refractivity contribution in [2.24, 2.45) is 0 Å². The lowest BCUT2D eigenvalue weighted by atomic mass is 10.3. The Bertz CT molecular complexity index is 709. The van der Waals surface area contributed by atoms with Gasteiger partial charge in [-0.05, 0) is 24.3 Å². The highest BCUT2D eigenvalue weighted by Crippen LogP contribution is 2.07. The second-order valence-electron chi connectivity index (χ2n) is 3.70. The molecule has 9 heteroatoms. The average Bonchev–Trinajstić information content (AvgIpc) is 2.77. The number of sulfonamides is 1. The van der Waals surface area contributed by atoms with E-state index in [2.05, 4.69) is 10.2 Å². The minimum Gasteiger partial charge on any atom is -0.266 e. The molecule has 0 atom stereocenters. The first-order chi connectivity index (χ1) is 8.85. The number of halogens is 1. The molecule has 1 amide bonds. The zero-order valence-corrected chi connectivity index (χ0v) is 10.6. The lowest BCUT2D eigenvalue weighted by molar-refractivity contribution is 0.0976. The Kier molecular flexibility index (Phi) is 3.30. The number of hydrogen-bond acceptors (Lipinski definition) is 5. The number of carbonyl (C=O) groups is 1. The average molecular weight is 284 g/mol. The Morgan fingerprint density at radius 3 is 2.53 bits per heavy atom. The van der Waals surface area contributed by atoms with Gasteiger partial charge in [-0.25, -0.2) is 17.5 Å². The van der Waals surface area contributed by atoms with E-state index in [0.29, 0.717) is 5.69 Å². The fourth-order valence-electron chi connectivity index (χ4n) is 1.29. The Balaban J connectivity index is 2.24. The van der Waals surface area contributed by atoms with Crippen LogP contribution in [0, 0.1) is 5.82 Å². The molecule has 1 aromatic heterocycles. The number of nitrogens with one attached hydrogen (secondary N) is 1. The van der Waals surface area contributed by atoms with E-state index in [0.717, 1.165) is 17.2 Å². The molecule has 0 saturated carbocycles. The minimum absolute atomic E-state index is 0.158. The van der Waals surface area contributed by atoms with Gasteiger partial charge in [0.1, 0.15) is 5.82 Å². The van der Waals surface area contributed by atoms with Gasteiger partial charge >= 0.3 is 0 Å². The predicted molar refractivity (Wildman–Crippen MR) is 63.6 cm³/mol. The molecule has 7 nitrogen and oxygen atoms in total. The minimum atomic E-state index is -3.66. The number of nitrogens with zero attached hydrogens (tertiary/aromatic N) is 3. The van der Waals surface area contributed by atoms with Crippen LogP contribution in [0.5, 0.6) is 0 Å². The third kappa shape index (κ3) is 3.35. The van der Waals surface area contributed by atoms with Crippen LogP contribution in [-0.4, -0.2) is 35.6 Å². The first-order valence-electron chi connectivity index (χ1n) is 5.05. The summed E-state index contributed by atoms with van der Waals surface area (Å²) in [6.45, 7) is 0. The standard InChI is InChI=1S/C10H9FN4O3S/c1-19(17,18)14-10(16)9-6-12-15(13-9)8-4-2-7(11)3-5-8/h2-6H,1H3,(H,14,16). The molecule has 1 aromatic carbocycles. The fourth-order valence-corrected chi connectivity index (χ4v) is 1.73. The largest absolute Gasteiger partial charge is 0.286 e. The first-order valence-corrected chi connectivity index (χ1v) is 6.95. The van der Waals surface area contributed by atoms with Crippen molar-refractivity contribution in [2.75, 3.05) is 6.26 Å². The summed E-state index contributed by atoms with van der Waals surface area (Å²) in [4.78, 5) is 12.6. The molecule has 100 valence electrons. The topological polar surface area (TPSA) is 94.0 Å².